The summed E-state index contributed by atoms with van der Waals surface area (Å²) in [7, 11) is 1.82. The number of carbonyl (C=O) groups is 3. The van der Waals surface area contributed by atoms with Gasteiger partial charge in [-0.3, -0.25) is 9.59 Å². The molecule has 0 radical (unpaired) electrons. The molecule has 3 aromatic carbocycles. The Hall–Kier alpha value is -3.93. The summed E-state index contributed by atoms with van der Waals surface area (Å²) in [6, 6.07) is 22.7. The summed E-state index contributed by atoms with van der Waals surface area (Å²) in [6.07, 6.45) is 0. The zero-order valence-electron chi connectivity index (χ0n) is 15.0. The van der Waals surface area contributed by atoms with Crippen molar-refractivity contribution >= 4 is 29.2 Å². The Labute approximate surface area is 161 Å². The first-order chi connectivity index (χ1) is 13.6. The molecule has 0 saturated heterocycles. The lowest BCUT2D eigenvalue weighted by Gasteiger charge is -2.22. The molecule has 0 bridgehead atoms. The van der Waals surface area contributed by atoms with Crippen molar-refractivity contribution in [2.45, 2.75) is 0 Å². The molecule has 1 heterocycles. The van der Waals surface area contributed by atoms with Crippen LogP contribution in [0.2, 0.25) is 0 Å². The van der Waals surface area contributed by atoms with Crippen molar-refractivity contribution in [1.29, 1.82) is 0 Å². The van der Waals surface area contributed by atoms with E-state index in [1.807, 2.05) is 42.3 Å². The number of hydrogen-bond donors (Lipinski definition) is 0. The minimum Gasteiger partial charge on any atom is -0.344 e. The standard InChI is InChI=1S/C22H16N2O4/c1-23(15-9-3-2-4-10-15)19-14-8-7-13-18(19)22(27)28-24-20(25)16-11-5-6-12-17(16)21(24)26/h2-14H,1H3. The summed E-state index contributed by atoms with van der Waals surface area (Å²) in [6.45, 7) is 0. The van der Waals surface area contributed by atoms with Gasteiger partial charge in [-0.1, -0.05) is 47.5 Å². The van der Waals surface area contributed by atoms with Gasteiger partial charge in [0.25, 0.3) is 11.8 Å². The van der Waals surface area contributed by atoms with Gasteiger partial charge in [-0.05, 0) is 36.4 Å². The van der Waals surface area contributed by atoms with Gasteiger partial charge in [0, 0.05) is 12.7 Å². The van der Waals surface area contributed by atoms with Crippen molar-refractivity contribution in [3.8, 4) is 0 Å². The van der Waals surface area contributed by atoms with Gasteiger partial charge in [-0.15, -0.1) is 0 Å². The van der Waals surface area contributed by atoms with Gasteiger partial charge in [0.1, 0.15) is 0 Å². The molecule has 0 spiro atoms. The maximum atomic E-state index is 12.8. The molecular weight excluding hydrogens is 356 g/mol. The first kappa shape index (κ1) is 17.5. The fraction of sp³-hybridized carbons (Fsp3) is 0.0455. The third kappa shape index (κ3) is 2.91. The average molecular weight is 372 g/mol. The van der Waals surface area contributed by atoms with Gasteiger partial charge in [-0.25, -0.2) is 4.79 Å². The SMILES string of the molecule is CN(c1ccccc1)c1ccccc1C(=O)ON1C(=O)c2ccccc2C1=O. The molecule has 6 heteroatoms. The summed E-state index contributed by atoms with van der Waals surface area (Å²) in [4.78, 5) is 44.7. The Morgan fingerprint density at radius 3 is 1.96 bits per heavy atom. The average Bonchev–Trinajstić information content (AvgIpc) is 2.99. The lowest BCUT2D eigenvalue weighted by Crippen LogP contribution is -2.33. The van der Waals surface area contributed by atoms with Crippen molar-refractivity contribution in [2.24, 2.45) is 0 Å². The van der Waals surface area contributed by atoms with Crippen LogP contribution < -0.4 is 4.90 Å². The van der Waals surface area contributed by atoms with Crippen LogP contribution in [0, 0.1) is 0 Å². The normalized spacial score (nSPS) is 12.7. The van der Waals surface area contributed by atoms with E-state index in [1.54, 1.807) is 36.4 Å². The Balaban J connectivity index is 1.62. The van der Waals surface area contributed by atoms with Crippen LogP contribution in [0.15, 0.2) is 78.9 Å². The van der Waals surface area contributed by atoms with Crippen LogP contribution in [0.25, 0.3) is 0 Å². The molecule has 3 aromatic rings. The molecule has 138 valence electrons. The highest BCUT2D eigenvalue weighted by Crippen LogP contribution is 2.29. The summed E-state index contributed by atoms with van der Waals surface area (Å²) >= 11 is 0. The molecule has 0 unspecified atom stereocenters. The van der Waals surface area contributed by atoms with Crippen LogP contribution in [-0.2, 0) is 4.84 Å². The number of para-hydroxylation sites is 2. The van der Waals surface area contributed by atoms with Gasteiger partial charge in [-0.2, -0.15) is 0 Å². The Kier molecular flexibility index (Phi) is 4.37. The molecule has 28 heavy (non-hydrogen) atoms. The maximum Gasteiger partial charge on any atom is 0.366 e. The van der Waals surface area contributed by atoms with E-state index in [2.05, 4.69) is 0 Å². The third-order valence-corrected chi connectivity index (χ3v) is 4.56. The largest absolute Gasteiger partial charge is 0.366 e. The van der Waals surface area contributed by atoms with Gasteiger partial charge < -0.3 is 9.74 Å². The molecule has 0 saturated carbocycles. The van der Waals surface area contributed by atoms with Crippen LogP contribution in [0.5, 0.6) is 0 Å². The van der Waals surface area contributed by atoms with Crippen molar-refractivity contribution in [3.63, 3.8) is 0 Å². The highest BCUT2D eigenvalue weighted by Gasteiger charge is 2.39. The maximum absolute atomic E-state index is 12.8. The van der Waals surface area contributed by atoms with Crippen LogP contribution >= 0.6 is 0 Å². The van der Waals surface area contributed by atoms with E-state index < -0.39 is 17.8 Å². The second-order valence-corrected chi connectivity index (χ2v) is 6.24. The lowest BCUT2D eigenvalue weighted by atomic mass is 10.1. The fourth-order valence-electron chi connectivity index (χ4n) is 3.11. The number of hydroxylamine groups is 2. The number of carbonyl (C=O) groups excluding carboxylic acids is 3. The predicted molar refractivity (Wildman–Crippen MR) is 103 cm³/mol. The summed E-state index contributed by atoms with van der Waals surface area (Å²) in [5, 5.41) is 0.520. The van der Waals surface area contributed by atoms with E-state index >= 15 is 0 Å². The smallest absolute Gasteiger partial charge is 0.344 e. The van der Waals surface area contributed by atoms with E-state index in [0.29, 0.717) is 10.8 Å². The minimum atomic E-state index is -0.784. The second kappa shape index (κ2) is 7.00. The molecule has 0 aliphatic carbocycles. The Bertz CT molecular complexity index is 1040. The topological polar surface area (TPSA) is 66.9 Å². The lowest BCUT2D eigenvalue weighted by molar-refractivity contribution is -0.0584. The molecule has 6 nitrogen and oxygen atoms in total. The molecular formula is C22H16N2O4. The highest BCUT2D eigenvalue weighted by atomic mass is 16.7. The van der Waals surface area contributed by atoms with Gasteiger partial charge in [0.15, 0.2) is 0 Å². The van der Waals surface area contributed by atoms with Crippen molar-refractivity contribution in [3.05, 3.63) is 95.6 Å². The molecule has 1 aliphatic rings. The molecule has 0 aromatic heterocycles. The van der Waals surface area contributed by atoms with E-state index in [9.17, 15) is 14.4 Å². The van der Waals surface area contributed by atoms with Crippen LogP contribution in [0.1, 0.15) is 31.1 Å². The number of imide groups is 1. The molecule has 0 atom stereocenters. The van der Waals surface area contributed by atoms with Gasteiger partial charge in [0.2, 0.25) is 0 Å². The van der Waals surface area contributed by atoms with E-state index in [1.165, 1.54) is 12.1 Å². The second-order valence-electron chi connectivity index (χ2n) is 6.24. The van der Waals surface area contributed by atoms with E-state index in [-0.39, 0.29) is 16.7 Å². The van der Waals surface area contributed by atoms with Crippen molar-refractivity contribution in [1.82, 2.24) is 5.06 Å². The third-order valence-electron chi connectivity index (χ3n) is 4.56. The quantitative estimate of drug-likeness (QED) is 0.651. The number of fused-ring (bicyclic) bond motifs is 1. The summed E-state index contributed by atoms with van der Waals surface area (Å²) < 4.78 is 0. The number of rotatable bonds is 4. The number of hydrogen-bond acceptors (Lipinski definition) is 5. The fourth-order valence-corrected chi connectivity index (χ4v) is 3.11. The van der Waals surface area contributed by atoms with Crippen molar-refractivity contribution < 1.29 is 19.2 Å². The van der Waals surface area contributed by atoms with Gasteiger partial charge >= 0.3 is 5.97 Å². The molecule has 0 fully saturated rings. The van der Waals surface area contributed by atoms with Gasteiger partial charge in [0.05, 0.1) is 22.4 Å². The monoisotopic (exact) mass is 372 g/mol. The van der Waals surface area contributed by atoms with E-state index in [4.69, 9.17) is 4.84 Å². The number of amides is 2. The molecule has 4 rings (SSSR count). The van der Waals surface area contributed by atoms with Crippen LogP contribution in [0.4, 0.5) is 11.4 Å². The molecule has 0 N–H and O–H groups in total. The first-order valence-electron chi connectivity index (χ1n) is 8.66. The predicted octanol–water partition coefficient (Wildman–Crippen LogP) is 3.82. The number of anilines is 2. The van der Waals surface area contributed by atoms with Crippen LogP contribution in [0.3, 0.4) is 0 Å². The number of benzene rings is 3. The first-order valence-corrected chi connectivity index (χ1v) is 8.66. The van der Waals surface area contributed by atoms with E-state index in [0.717, 1.165) is 5.69 Å². The molecule has 2 amide bonds. The van der Waals surface area contributed by atoms with Crippen molar-refractivity contribution in [2.75, 3.05) is 11.9 Å². The molecule has 1 aliphatic heterocycles. The zero-order chi connectivity index (χ0) is 19.7. The summed E-state index contributed by atoms with van der Waals surface area (Å²) in [5.74, 6) is -2.08. The number of nitrogens with zero attached hydrogens (tertiary/aromatic N) is 2. The summed E-state index contributed by atoms with van der Waals surface area (Å²) in [5.41, 5.74) is 2.15. The Morgan fingerprint density at radius 2 is 1.32 bits per heavy atom. The minimum absolute atomic E-state index is 0.218. The Morgan fingerprint density at radius 1 is 0.786 bits per heavy atom. The highest BCUT2D eigenvalue weighted by molar-refractivity contribution is 6.21. The van der Waals surface area contributed by atoms with Crippen LogP contribution in [-0.4, -0.2) is 29.9 Å². The zero-order valence-corrected chi connectivity index (χ0v) is 15.0.